The van der Waals surface area contributed by atoms with E-state index < -0.39 is 6.10 Å². The van der Waals surface area contributed by atoms with Crippen LogP contribution in [0.2, 0.25) is 0 Å². The van der Waals surface area contributed by atoms with Crippen LogP contribution in [0.1, 0.15) is 25.1 Å². The molecule has 1 amide bonds. The topological polar surface area (TPSA) is 67.6 Å². The Hall–Kier alpha value is -2.34. The van der Waals surface area contributed by atoms with Crippen molar-refractivity contribution < 1.29 is 14.6 Å². The van der Waals surface area contributed by atoms with E-state index in [1.165, 1.54) is 0 Å². The van der Waals surface area contributed by atoms with Gasteiger partial charge >= 0.3 is 0 Å². The van der Waals surface area contributed by atoms with Crippen molar-refractivity contribution in [3.8, 4) is 5.75 Å². The molecule has 1 aromatic heterocycles. The zero-order chi connectivity index (χ0) is 18.4. The molecular formula is C19H27N3O3. The highest BCUT2D eigenvalue weighted by Gasteiger charge is 2.29. The first-order valence-corrected chi connectivity index (χ1v) is 8.51. The molecule has 0 aliphatic carbocycles. The second kappa shape index (κ2) is 8.67. The van der Waals surface area contributed by atoms with E-state index in [4.69, 9.17) is 4.74 Å². The van der Waals surface area contributed by atoms with Gasteiger partial charge < -0.3 is 19.3 Å². The molecule has 0 saturated carbocycles. The molecule has 0 aliphatic rings. The monoisotopic (exact) mass is 345 g/mol. The zero-order valence-corrected chi connectivity index (χ0v) is 15.3. The van der Waals surface area contributed by atoms with Crippen LogP contribution in [0, 0.1) is 12.8 Å². The number of aliphatic hydroxyl groups excluding tert-OH is 1. The van der Waals surface area contributed by atoms with Crippen LogP contribution in [0.25, 0.3) is 0 Å². The molecule has 0 bridgehead atoms. The average molecular weight is 345 g/mol. The van der Waals surface area contributed by atoms with Gasteiger partial charge in [0, 0.05) is 19.8 Å². The quantitative estimate of drug-likeness (QED) is 0.796. The molecule has 0 radical (unpaired) electrons. The van der Waals surface area contributed by atoms with Crippen LogP contribution in [-0.4, -0.2) is 44.7 Å². The molecule has 0 saturated heterocycles. The third-order valence-electron chi connectivity index (χ3n) is 4.15. The fourth-order valence-electron chi connectivity index (χ4n) is 2.60. The minimum atomic E-state index is -0.610. The Kier molecular flexibility index (Phi) is 6.58. The number of nitrogens with zero attached hydrogens (tertiary/aromatic N) is 3. The van der Waals surface area contributed by atoms with Gasteiger partial charge in [-0.1, -0.05) is 32.0 Å². The molecule has 1 unspecified atom stereocenters. The normalized spacial score (nSPS) is 12.2. The van der Waals surface area contributed by atoms with Crippen molar-refractivity contribution in [3.05, 3.63) is 48.0 Å². The Labute approximate surface area is 149 Å². The lowest BCUT2D eigenvalue weighted by atomic mass is 10.1. The number of hydrogen-bond donors (Lipinski definition) is 1. The van der Waals surface area contributed by atoms with E-state index in [0.717, 1.165) is 11.3 Å². The molecule has 1 atom stereocenters. The number of aryl methyl sites for hydroxylation is 2. The molecule has 1 heterocycles. The number of carbonyl (C=O) groups excluding carboxylic acids is 1. The van der Waals surface area contributed by atoms with Crippen LogP contribution in [0.3, 0.4) is 0 Å². The number of amides is 1. The van der Waals surface area contributed by atoms with Gasteiger partial charge in [0.15, 0.2) is 6.10 Å². The lowest BCUT2D eigenvalue weighted by Gasteiger charge is -2.29. The maximum absolute atomic E-state index is 13.1. The van der Waals surface area contributed by atoms with Gasteiger partial charge in [-0.05, 0) is 24.5 Å². The van der Waals surface area contributed by atoms with Gasteiger partial charge in [0.05, 0.1) is 25.2 Å². The van der Waals surface area contributed by atoms with Crippen LogP contribution in [0.4, 0.5) is 0 Å². The highest BCUT2D eigenvalue weighted by molar-refractivity contribution is 5.81. The summed E-state index contributed by atoms with van der Waals surface area (Å²) in [4.78, 5) is 18.8. The lowest BCUT2D eigenvalue weighted by molar-refractivity contribution is -0.142. The number of benzene rings is 1. The van der Waals surface area contributed by atoms with Gasteiger partial charge in [-0.25, -0.2) is 4.98 Å². The van der Waals surface area contributed by atoms with Gasteiger partial charge in [-0.2, -0.15) is 0 Å². The van der Waals surface area contributed by atoms with Gasteiger partial charge in [0.1, 0.15) is 5.75 Å². The zero-order valence-electron chi connectivity index (χ0n) is 15.3. The Balaban J connectivity index is 2.20. The van der Waals surface area contributed by atoms with Crippen LogP contribution in [0.5, 0.6) is 5.75 Å². The molecule has 1 N–H and O–H groups in total. The highest BCUT2D eigenvalue weighted by Crippen LogP contribution is 2.22. The maximum atomic E-state index is 13.1. The minimum absolute atomic E-state index is 0.000152. The highest BCUT2D eigenvalue weighted by atomic mass is 16.5. The summed E-state index contributed by atoms with van der Waals surface area (Å²) in [5.41, 5.74) is 1.89. The van der Waals surface area contributed by atoms with E-state index in [-0.39, 0.29) is 25.0 Å². The number of imidazole rings is 1. The predicted octanol–water partition coefficient (Wildman–Crippen LogP) is 2.15. The molecule has 25 heavy (non-hydrogen) atoms. The molecule has 136 valence electrons. The number of ether oxygens (including phenoxy) is 1. The fraction of sp³-hybridized carbons (Fsp3) is 0.474. The SMILES string of the molecule is Cc1ccccc1OC(C(=O)N(CCO)Cc1cncn1C)C(C)C. The molecule has 2 aromatic rings. The van der Waals surface area contributed by atoms with Crippen molar-refractivity contribution in [2.75, 3.05) is 13.2 Å². The Bertz CT molecular complexity index is 697. The van der Waals surface area contributed by atoms with Gasteiger partial charge in [0.25, 0.3) is 5.91 Å². The summed E-state index contributed by atoms with van der Waals surface area (Å²) >= 11 is 0. The van der Waals surface area contributed by atoms with E-state index in [1.54, 1.807) is 17.4 Å². The Morgan fingerprint density at radius 1 is 1.36 bits per heavy atom. The maximum Gasteiger partial charge on any atom is 0.264 e. The van der Waals surface area contributed by atoms with Crippen molar-refractivity contribution in [3.63, 3.8) is 0 Å². The van der Waals surface area contributed by atoms with E-state index >= 15 is 0 Å². The molecule has 0 fully saturated rings. The molecule has 6 nitrogen and oxygen atoms in total. The summed E-state index contributed by atoms with van der Waals surface area (Å²) in [6, 6.07) is 7.66. The molecule has 1 aromatic carbocycles. The number of aliphatic hydroxyl groups is 1. The van der Waals surface area contributed by atoms with Crippen LogP contribution >= 0.6 is 0 Å². The largest absolute Gasteiger partial charge is 0.480 e. The summed E-state index contributed by atoms with van der Waals surface area (Å²) < 4.78 is 7.92. The van der Waals surface area contributed by atoms with Crippen LogP contribution < -0.4 is 4.74 Å². The first kappa shape index (κ1) is 19.0. The number of para-hydroxylation sites is 1. The van der Waals surface area contributed by atoms with Gasteiger partial charge in [-0.15, -0.1) is 0 Å². The summed E-state index contributed by atoms with van der Waals surface area (Å²) in [5, 5.41) is 9.38. The second-order valence-corrected chi connectivity index (χ2v) is 6.53. The van der Waals surface area contributed by atoms with Crippen molar-refractivity contribution in [1.82, 2.24) is 14.5 Å². The predicted molar refractivity (Wildman–Crippen MR) is 96.1 cm³/mol. The summed E-state index contributed by atoms with van der Waals surface area (Å²) in [6.45, 7) is 6.42. The number of carbonyl (C=O) groups is 1. The lowest BCUT2D eigenvalue weighted by Crippen LogP contribution is -2.45. The van der Waals surface area contributed by atoms with Crippen molar-refractivity contribution in [2.24, 2.45) is 13.0 Å². The van der Waals surface area contributed by atoms with Gasteiger partial charge in [-0.3, -0.25) is 4.79 Å². The molecule has 0 spiro atoms. The van der Waals surface area contributed by atoms with E-state index in [0.29, 0.717) is 12.3 Å². The van der Waals surface area contributed by atoms with E-state index in [9.17, 15) is 9.90 Å². The summed E-state index contributed by atoms with van der Waals surface area (Å²) in [5.74, 6) is 0.576. The molecule has 2 rings (SSSR count). The second-order valence-electron chi connectivity index (χ2n) is 6.53. The number of rotatable bonds is 8. The van der Waals surface area contributed by atoms with Crippen molar-refractivity contribution in [1.29, 1.82) is 0 Å². The summed E-state index contributed by atoms with van der Waals surface area (Å²) in [7, 11) is 1.88. The van der Waals surface area contributed by atoms with Crippen LogP contribution in [0.15, 0.2) is 36.8 Å². The molecule has 6 heteroatoms. The third-order valence-corrected chi connectivity index (χ3v) is 4.15. The fourth-order valence-corrected chi connectivity index (χ4v) is 2.60. The number of aromatic nitrogens is 2. The third kappa shape index (κ3) is 4.82. The van der Waals surface area contributed by atoms with Crippen molar-refractivity contribution >= 4 is 5.91 Å². The first-order chi connectivity index (χ1) is 11.9. The average Bonchev–Trinajstić information content (AvgIpc) is 2.98. The Morgan fingerprint density at radius 3 is 2.64 bits per heavy atom. The van der Waals surface area contributed by atoms with Crippen LogP contribution in [-0.2, 0) is 18.4 Å². The minimum Gasteiger partial charge on any atom is -0.480 e. The summed E-state index contributed by atoms with van der Waals surface area (Å²) in [6.07, 6.45) is 2.81. The standard InChI is InChI=1S/C19H27N3O3/c1-14(2)18(25-17-8-6-5-7-15(17)3)19(24)22(9-10-23)12-16-11-20-13-21(16)4/h5-8,11,13-14,18,23H,9-10,12H2,1-4H3. The smallest absolute Gasteiger partial charge is 0.264 e. The van der Waals surface area contributed by atoms with Gasteiger partial charge in [0.2, 0.25) is 0 Å². The van der Waals surface area contributed by atoms with E-state index in [2.05, 4.69) is 4.98 Å². The Morgan fingerprint density at radius 2 is 2.08 bits per heavy atom. The molecule has 0 aliphatic heterocycles. The molecular weight excluding hydrogens is 318 g/mol. The number of hydrogen-bond acceptors (Lipinski definition) is 4. The van der Waals surface area contributed by atoms with E-state index in [1.807, 2.05) is 56.7 Å². The van der Waals surface area contributed by atoms with Crippen molar-refractivity contribution in [2.45, 2.75) is 33.4 Å². The first-order valence-electron chi connectivity index (χ1n) is 8.51.